The molecule has 3 aromatic rings. The van der Waals surface area contributed by atoms with E-state index in [9.17, 15) is 8.78 Å². The summed E-state index contributed by atoms with van der Waals surface area (Å²) in [6.45, 7) is 1.81. The number of para-hydroxylation sites is 1. The number of nitrogens with one attached hydrogen (secondary N) is 1. The van der Waals surface area contributed by atoms with E-state index in [-0.39, 0.29) is 12.8 Å². The van der Waals surface area contributed by atoms with E-state index in [2.05, 4.69) is 15.3 Å². The molecule has 5 heteroatoms. The molecule has 4 rings (SSSR count). The number of hydrogen-bond acceptors (Lipinski definition) is 3. The average Bonchev–Trinajstić information content (AvgIpc) is 2.53. The number of halogens is 2. The van der Waals surface area contributed by atoms with Crippen LogP contribution in [0.3, 0.4) is 0 Å². The Bertz CT molecular complexity index is 886. The fourth-order valence-corrected chi connectivity index (χ4v) is 3.35. The summed E-state index contributed by atoms with van der Waals surface area (Å²) in [5, 5.41) is 4.07. The highest BCUT2D eigenvalue weighted by atomic mass is 19.3. The van der Waals surface area contributed by atoms with Crippen LogP contribution >= 0.6 is 0 Å². The molecule has 1 aromatic heterocycles. The number of aromatic nitrogens is 2. The fraction of sp³-hybridized carbons (Fsp3) is 0.263. The van der Waals surface area contributed by atoms with E-state index < -0.39 is 11.5 Å². The second-order valence-electron chi connectivity index (χ2n) is 6.67. The molecule has 3 nitrogen and oxygen atoms in total. The number of benzene rings is 2. The van der Waals surface area contributed by atoms with Crippen molar-refractivity contribution in [1.29, 1.82) is 0 Å². The van der Waals surface area contributed by atoms with Crippen molar-refractivity contribution in [2.75, 3.05) is 5.32 Å². The van der Waals surface area contributed by atoms with E-state index in [4.69, 9.17) is 0 Å². The SMILES string of the molecule is CC1(Nc2nc(-c3ccccc3)nc3ccccc23)CC(F)(F)C1. The van der Waals surface area contributed by atoms with Gasteiger partial charge in [0.05, 0.1) is 5.52 Å². The van der Waals surface area contributed by atoms with Crippen LogP contribution in [-0.4, -0.2) is 21.4 Å². The van der Waals surface area contributed by atoms with Crippen LogP contribution < -0.4 is 5.32 Å². The standard InChI is InChI=1S/C19H17F2N3/c1-18(11-19(20,21)12-18)24-17-14-9-5-6-10-15(14)22-16(23-17)13-7-3-2-4-8-13/h2-10H,11-12H2,1H3,(H,22,23,24). The zero-order chi connectivity index (χ0) is 16.8. The molecule has 0 atom stereocenters. The number of hydrogen-bond donors (Lipinski definition) is 1. The Balaban J connectivity index is 1.79. The Morgan fingerprint density at radius 2 is 1.58 bits per heavy atom. The van der Waals surface area contributed by atoms with E-state index in [0.717, 1.165) is 16.5 Å². The molecule has 1 aliphatic rings. The van der Waals surface area contributed by atoms with Gasteiger partial charge in [-0.2, -0.15) is 0 Å². The van der Waals surface area contributed by atoms with Crippen LogP contribution in [0.5, 0.6) is 0 Å². The first-order chi connectivity index (χ1) is 11.4. The first kappa shape index (κ1) is 15.0. The minimum absolute atomic E-state index is 0.182. The average molecular weight is 325 g/mol. The highest BCUT2D eigenvalue weighted by Gasteiger charge is 2.54. The molecule has 0 aliphatic heterocycles. The lowest BCUT2D eigenvalue weighted by Gasteiger charge is -2.45. The summed E-state index contributed by atoms with van der Waals surface area (Å²) in [4.78, 5) is 9.23. The lowest BCUT2D eigenvalue weighted by atomic mass is 9.75. The normalized spacial score (nSPS) is 18.1. The van der Waals surface area contributed by atoms with Gasteiger partial charge in [-0.1, -0.05) is 42.5 Å². The summed E-state index contributed by atoms with van der Waals surface area (Å²) < 4.78 is 26.6. The number of alkyl halides is 2. The third-order valence-corrected chi connectivity index (χ3v) is 4.35. The van der Waals surface area contributed by atoms with Gasteiger partial charge in [-0.25, -0.2) is 18.7 Å². The van der Waals surface area contributed by atoms with Gasteiger partial charge in [-0.15, -0.1) is 0 Å². The Morgan fingerprint density at radius 3 is 2.29 bits per heavy atom. The highest BCUT2D eigenvalue weighted by molar-refractivity contribution is 5.90. The Morgan fingerprint density at radius 1 is 0.917 bits per heavy atom. The third-order valence-electron chi connectivity index (χ3n) is 4.35. The van der Waals surface area contributed by atoms with Gasteiger partial charge in [-0.3, -0.25) is 0 Å². The van der Waals surface area contributed by atoms with Crippen LogP contribution in [0.15, 0.2) is 54.6 Å². The smallest absolute Gasteiger partial charge is 0.252 e. The van der Waals surface area contributed by atoms with Crippen molar-refractivity contribution in [2.45, 2.75) is 31.2 Å². The minimum atomic E-state index is -2.59. The van der Waals surface area contributed by atoms with Crippen molar-refractivity contribution in [2.24, 2.45) is 0 Å². The van der Waals surface area contributed by atoms with Crippen molar-refractivity contribution < 1.29 is 8.78 Å². The van der Waals surface area contributed by atoms with E-state index in [1.165, 1.54) is 0 Å². The van der Waals surface area contributed by atoms with E-state index in [0.29, 0.717) is 11.6 Å². The van der Waals surface area contributed by atoms with Crippen molar-refractivity contribution in [3.05, 3.63) is 54.6 Å². The summed E-state index contributed by atoms with van der Waals surface area (Å²) in [5.74, 6) is -1.39. The molecule has 1 N–H and O–H groups in total. The van der Waals surface area contributed by atoms with Gasteiger partial charge in [0.2, 0.25) is 0 Å². The second kappa shape index (κ2) is 5.23. The molecule has 0 bridgehead atoms. The van der Waals surface area contributed by atoms with Crippen LogP contribution in [0.25, 0.3) is 22.3 Å². The first-order valence-electron chi connectivity index (χ1n) is 7.92. The quantitative estimate of drug-likeness (QED) is 0.744. The van der Waals surface area contributed by atoms with E-state index in [1.807, 2.05) is 61.5 Å². The molecule has 1 saturated carbocycles. The molecule has 24 heavy (non-hydrogen) atoms. The Kier molecular flexibility index (Phi) is 3.27. The van der Waals surface area contributed by atoms with Crippen LogP contribution in [0, 0.1) is 0 Å². The molecular formula is C19H17F2N3. The summed E-state index contributed by atoms with van der Waals surface area (Å²) in [6.07, 6.45) is -0.363. The largest absolute Gasteiger partial charge is 0.364 e. The minimum Gasteiger partial charge on any atom is -0.364 e. The highest BCUT2D eigenvalue weighted by Crippen LogP contribution is 2.47. The first-order valence-corrected chi connectivity index (χ1v) is 7.92. The summed E-state index contributed by atoms with van der Waals surface area (Å²) in [6, 6.07) is 17.3. The maximum Gasteiger partial charge on any atom is 0.252 e. The van der Waals surface area contributed by atoms with Gasteiger partial charge < -0.3 is 5.32 Å². The fourth-order valence-electron chi connectivity index (χ4n) is 3.35. The van der Waals surface area contributed by atoms with Crippen molar-refractivity contribution in [3.8, 4) is 11.4 Å². The molecule has 0 saturated heterocycles. The molecule has 0 radical (unpaired) electrons. The maximum absolute atomic E-state index is 13.3. The van der Waals surface area contributed by atoms with Crippen LogP contribution in [-0.2, 0) is 0 Å². The molecule has 1 fully saturated rings. The Hall–Kier alpha value is -2.56. The van der Waals surface area contributed by atoms with Gasteiger partial charge >= 0.3 is 0 Å². The van der Waals surface area contributed by atoms with E-state index in [1.54, 1.807) is 0 Å². The van der Waals surface area contributed by atoms with Crippen LogP contribution in [0.1, 0.15) is 19.8 Å². The summed E-state index contributed by atoms with van der Waals surface area (Å²) >= 11 is 0. The summed E-state index contributed by atoms with van der Waals surface area (Å²) in [5.41, 5.74) is 1.05. The van der Waals surface area contributed by atoms with Crippen molar-refractivity contribution in [3.63, 3.8) is 0 Å². The molecule has 122 valence electrons. The van der Waals surface area contributed by atoms with Gasteiger partial charge in [0.15, 0.2) is 5.82 Å². The van der Waals surface area contributed by atoms with Crippen LogP contribution in [0.4, 0.5) is 14.6 Å². The van der Waals surface area contributed by atoms with Crippen LogP contribution in [0.2, 0.25) is 0 Å². The summed E-state index contributed by atoms with van der Waals surface area (Å²) in [7, 11) is 0. The predicted molar refractivity (Wildman–Crippen MR) is 91.2 cm³/mol. The second-order valence-corrected chi connectivity index (χ2v) is 6.67. The van der Waals surface area contributed by atoms with Gasteiger partial charge in [0, 0.05) is 29.3 Å². The molecule has 0 amide bonds. The van der Waals surface area contributed by atoms with Crippen molar-refractivity contribution in [1.82, 2.24) is 9.97 Å². The molecule has 2 aromatic carbocycles. The molecular weight excluding hydrogens is 308 g/mol. The van der Waals surface area contributed by atoms with Gasteiger partial charge in [0.25, 0.3) is 5.92 Å². The van der Waals surface area contributed by atoms with Crippen molar-refractivity contribution >= 4 is 16.7 Å². The third kappa shape index (κ3) is 2.70. The molecule has 0 unspecified atom stereocenters. The van der Waals surface area contributed by atoms with Gasteiger partial charge in [-0.05, 0) is 19.1 Å². The predicted octanol–water partition coefficient (Wildman–Crippen LogP) is 4.90. The zero-order valence-electron chi connectivity index (χ0n) is 13.3. The number of rotatable bonds is 3. The molecule has 1 aliphatic carbocycles. The lowest BCUT2D eigenvalue weighted by Crippen LogP contribution is -2.54. The molecule has 1 heterocycles. The lowest BCUT2D eigenvalue weighted by molar-refractivity contribution is -0.109. The maximum atomic E-state index is 13.3. The molecule has 0 spiro atoms. The topological polar surface area (TPSA) is 37.8 Å². The number of fused-ring (bicyclic) bond motifs is 1. The number of nitrogens with zero attached hydrogens (tertiary/aromatic N) is 2. The Labute approximate surface area is 138 Å². The monoisotopic (exact) mass is 325 g/mol. The van der Waals surface area contributed by atoms with Gasteiger partial charge in [0.1, 0.15) is 5.82 Å². The van der Waals surface area contributed by atoms with E-state index >= 15 is 0 Å². The number of anilines is 1. The zero-order valence-corrected chi connectivity index (χ0v) is 13.3.